The highest BCUT2D eigenvalue weighted by atomic mass is 16.5. The third-order valence-electron chi connectivity index (χ3n) is 3.23. The number of anilines is 1. The van der Waals surface area contributed by atoms with Crippen molar-refractivity contribution in [2.75, 3.05) is 32.1 Å². The Morgan fingerprint density at radius 1 is 1.41 bits per heavy atom. The monoisotopic (exact) mass is 307 g/mol. The molecule has 1 aliphatic rings. The molecule has 0 spiro atoms. The molecule has 0 aliphatic carbocycles. The number of benzene rings is 1. The number of hydrogen-bond acceptors (Lipinski definition) is 5. The maximum atomic E-state index is 11.5. The van der Waals surface area contributed by atoms with Crippen LogP contribution in [0.25, 0.3) is 0 Å². The molecular weight excluding hydrogens is 286 g/mol. The smallest absolute Gasteiger partial charge is 0.321 e. The van der Waals surface area contributed by atoms with E-state index in [1.807, 2.05) is 24.3 Å². The van der Waals surface area contributed by atoms with Crippen molar-refractivity contribution in [2.24, 2.45) is 0 Å². The minimum absolute atomic E-state index is 0.00259. The summed E-state index contributed by atoms with van der Waals surface area (Å²) < 4.78 is 11.2. The van der Waals surface area contributed by atoms with Crippen LogP contribution in [-0.2, 0) is 9.53 Å². The molecule has 0 radical (unpaired) electrons. The van der Waals surface area contributed by atoms with E-state index in [1.54, 1.807) is 0 Å². The number of hydrogen-bond donors (Lipinski definition) is 3. The molecule has 7 heteroatoms. The van der Waals surface area contributed by atoms with Crippen LogP contribution < -0.4 is 20.7 Å². The summed E-state index contributed by atoms with van der Waals surface area (Å²) in [5.74, 6) is 0.303. The van der Waals surface area contributed by atoms with Crippen LogP contribution in [0.3, 0.4) is 0 Å². The predicted octanol–water partition coefficient (Wildman–Crippen LogP) is 1.11. The highest BCUT2D eigenvalue weighted by molar-refractivity contribution is 5.96. The van der Waals surface area contributed by atoms with Crippen molar-refractivity contribution in [1.29, 1.82) is 0 Å². The van der Waals surface area contributed by atoms with E-state index < -0.39 is 11.9 Å². The van der Waals surface area contributed by atoms with Gasteiger partial charge in [0.1, 0.15) is 12.4 Å². The predicted molar refractivity (Wildman–Crippen MR) is 82.0 cm³/mol. The summed E-state index contributed by atoms with van der Waals surface area (Å²) >= 11 is 0. The van der Waals surface area contributed by atoms with Crippen LogP contribution in [0.4, 0.5) is 10.5 Å². The molecule has 0 saturated carbocycles. The van der Waals surface area contributed by atoms with E-state index in [1.165, 1.54) is 7.05 Å². The lowest BCUT2D eigenvalue weighted by atomic mass is 10.2. The van der Waals surface area contributed by atoms with E-state index in [2.05, 4.69) is 16.0 Å². The van der Waals surface area contributed by atoms with Gasteiger partial charge in [-0.1, -0.05) is 6.07 Å². The maximum absolute atomic E-state index is 11.5. The summed E-state index contributed by atoms with van der Waals surface area (Å²) in [6, 6.07) is 6.79. The zero-order valence-corrected chi connectivity index (χ0v) is 12.6. The van der Waals surface area contributed by atoms with Gasteiger partial charge in [0, 0.05) is 25.4 Å². The first kappa shape index (κ1) is 16.1. The summed E-state index contributed by atoms with van der Waals surface area (Å²) in [6.07, 6.45) is 2.27. The van der Waals surface area contributed by atoms with E-state index in [4.69, 9.17) is 9.47 Å². The number of nitrogens with one attached hydrogen (secondary N) is 3. The molecule has 120 valence electrons. The molecule has 1 heterocycles. The quantitative estimate of drug-likeness (QED) is 0.733. The van der Waals surface area contributed by atoms with Crippen molar-refractivity contribution in [3.63, 3.8) is 0 Å². The lowest BCUT2D eigenvalue weighted by Crippen LogP contribution is -2.40. The van der Waals surface area contributed by atoms with Gasteiger partial charge >= 0.3 is 6.03 Å². The van der Waals surface area contributed by atoms with Crippen molar-refractivity contribution in [2.45, 2.75) is 18.9 Å². The molecule has 1 atom stereocenters. The van der Waals surface area contributed by atoms with Gasteiger partial charge in [0.2, 0.25) is 5.91 Å². The molecule has 22 heavy (non-hydrogen) atoms. The van der Waals surface area contributed by atoms with Crippen molar-refractivity contribution in [3.8, 4) is 5.75 Å². The van der Waals surface area contributed by atoms with Gasteiger partial charge in [-0.3, -0.25) is 10.1 Å². The first-order valence-electron chi connectivity index (χ1n) is 7.27. The van der Waals surface area contributed by atoms with Crippen LogP contribution in [0, 0.1) is 0 Å². The van der Waals surface area contributed by atoms with Gasteiger partial charge in [0.25, 0.3) is 0 Å². The second kappa shape index (κ2) is 8.23. The number of rotatable bonds is 6. The highest BCUT2D eigenvalue weighted by Gasteiger charge is 2.16. The van der Waals surface area contributed by atoms with Crippen LogP contribution >= 0.6 is 0 Å². The average molecular weight is 307 g/mol. The van der Waals surface area contributed by atoms with Crippen LogP contribution in [0.1, 0.15) is 12.8 Å². The fraction of sp³-hybridized carbons (Fsp3) is 0.467. The minimum atomic E-state index is -0.527. The molecule has 1 fully saturated rings. The van der Waals surface area contributed by atoms with Gasteiger partial charge < -0.3 is 20.1 Å². The van der Waals surface area contributed by atoms with Crippen molar-refractivity contribution in [3.05, 3.63) is 24.3 Å². The number of imide groups is 1. The Bertz CT molecular complexity index is 515. The Kier molecular flexibility index (Phi) is 6.02. The topological polar surface area (TPSA) is 88.7 Å². The third kappa shape index (κ3) is 5.25. The van der Waals surface area contributed by atoms with Gasteiger partial charge in [0.05, 0.1) is 12.6 Å². The SMILES string of the molecule is CNC(=O)NC(=O)CNc1cccc(OC[C@@H]2CCCO2)c1. The van der Waals surface area contributed by atoms with Crippen LogP contribution in [0.15, 0.2) is 24.3 Å². The Morgan fingerprint density at radius 3 is 3.00 bits per heavy atom. The van der Waals surface area contributed by atoms with Crippen LogP contribution in [-0.4, -0.2) is 44.8 Å². The van der Waals surface area contributed by atoms with Crippen molar-refractivity contribution >= 4 is 17.6 Å². The van der Waals surface area contributed by atoms with Gasteiger partial charge in [0.15, 0.2) is 0 Å². The largest absolute Gasteiger partial charge is 0.491 e. The Hall–Kier alpha value is -2.28. The number of carbonyl (C=O) groups is 2. The Labute approximate surface area is 129 Å². The standard InChI is InChI=1S/C15H21N3O4/c1-16-15(20)18-14(19)9-17-11-4-2-5-12(8-11)22-10-13-6-3-7-21-13/h2,4-5,8,13,17H,3,6-7,9-10H2,1H3,(H2,16,18,19,20)/t13-/m0/s1. The summed E-state index contributed by atoms with van der Waals surface area (Å²) in [4.78, 5) is 22.5. The van der Waals surface area contributed by atoms with Crippen LogP contribution in [0.5, 0.6) is 5.75 Å². The molecule has 0 unspecified atom stereocenters. The molecule has 1 aromatic carbocycles. The Morgan fingerprint density at radius 2 is 2.27 bits per heavy atom. The molecule has 1 aromatic rings. The van der Waals surface area contributed by atoms with E-state index >= 15 is 0 Å². The normalized spacial score (nSPS) is 16.9. The first-order chi connectivity index (χ1) is 10.7. The van der Waals surface area contributed by atoms with Crippen molar-refractivity contribution in [1.82, 2.24) is 10.6 Å². The van der Waals surface area contributed by atoms with Gasteiger partial charge in [-0.2, -0.15) is 0 Å². The number of urea groups is 1. The Balaban J connectivity index is 1.77. The maximum Gasteiger partial charge on any atom is 0.321 e. The van der Waals surface area contributed by atoms with E-state index in [0.717, 1.165) is 25.1 Å². The third-order valence-corrected chi connectivity index (χ3v) is 3.23. The molecular formula is C15H21N3O4. The zero-order valence-electron chi connectivity index (χ0n) is 12.6. The van der Waals surface area contributed by atoms with E-state index in [9.17, 15) is 9.59 Å². The average Bonchev–Trinajstić information content (AvgIpc) is 3.05. The zero-order chi connectivity index (χ0) is 15.8. The number of ether oxygens (including phenoxy) is 2. The molecule has 1 saturated heterocycles. The number of amides is 3. The summed E-state index contributed by atoms with van der Waals surface area (Å²) in [5.41, 5.74) is 0.747. The highest BCUT2D eigenvalue weighted by Crippen LogP contribution is 2.19. The van der Waals surface area contributed by atoms with E-state index in [0.29, 0.717) is 12.4 Å². The van der Waals surface area contributed by atoms with Gasteiger partial charge in [-0.05, 0) is 25.0 Å². The molecule has 2 rings (SSSR count). The lowest BCUT2D eigenvalue weighted by molar-refractivity contribution is -0.118. The second-order valence-electron chi connectivity index (χ2n) is 4.95. The minimum Gasteiger partial charge on any atom is -0.491 e. The summed E-state index contributed by atoms with van der Waals surface area (Å²) in [7, 11) is 1.45. The molecule has 7 nitrogen and oxygen atoms in total. The molecule has 3 N–H and O–H groups in total. The molecule has 3 amide bonds. The second-order valence-corrected chi connectivity index (χ2v) is 4.95. The van der Waals surface area contributed by atoms with E-state index in [-0.39, 0.29) is 12.6 Å². The molecule has 1 aliphatic heterocycles. The summed E-state index contributed by atoms with van der Waals surface area (Å²) in [6.45, 7) is 1.33. The van der Waals surface area contributed by atoms with Gasteiger partial charge in [-0.25, -0.2) is 4.79 Å². The summed E-state index contributed by atoms with van der Waals surface area (Å²) in [5, 5.41) is 7.43. The molecule has 0 aromatic heterocycles. The lowest BCUT2D eigenvalue weighted by Gasteiger charge is -2.13. The molecule has 0 bridgehead atoms. The van der Waals surface area contributed by atoms with Crippen molar-refractivity contribution < 1.29 is 19.1 Å². The van der Waals surface area contributed by atoms with Gasteiger partial charge in [-0.15, -0.1) is 0 Å². The fourth-order valence-corrected chi connectivity index (χ4v) is 2.08. The number of carbonyl (C=O) groups excluding carboxylic acids is 2. The fourth-order valence-electron chi connectivity index (χ4n) is 2.08. The van der Waals surface area contributed by atoms with Crippen LogP contribution in [0.2, 0.25) is 0 Å². The first-order valence-corrected chi connectivity index (χ1v) is 7.27.